The molecule has 0 fully saturated rings. The normalized spacial score (nSPS) is 10.0. The highest BCUT2D eigenvalue weighted by Crippen LogP contribution is 2.24. The molecule has 0 aliphatic heterocycles. The summed E-state index contributed by atoms with van der Waals surface area (Å²) >= 11 is 0. The zero-order valence-electron chi connectivity index (χ0n) is 9.81. The summed E-state index contributed by atoms with van der Waals surface area (Å²) in [6, 6.07) is 5.17. The number of carbonyl (C=O) groups excluding carboxylic acids is 1. The Labute approximate surface area is 100 Å². The van der Waals surface area contributed by atoms with E-state index in [0.29, 0.717) is 31.1 Å². The van der Waals surface area contributed by atoms with Crippen LogP contribution in [0.15, 0.2) is 18.2 Å². The van der Waals surface area contributed by atoms with E-state index in [2.05, 4.69) is 5.32 Å². The van der Waals surface area contributed by atoms with E-state index in [-0.39, 0.29) is 6.61 Å². The van der Waals surface area contributed by atoms with E-state index < -0.39 is 0 Å². The van der Waals surface area contributed by atoms with Gasteiger partial charge in [0.2, 0.25) is 0 Å². The Bertz CT molecular complexity index is 354. The van der Waals surface area contributed by atoms with Crippen LogP contribution in [0.5, 0.6) is 5.75 Å². The fraction of sp³-hybridized carbons (Fsp3) is 0.417. The summed E-state index contributed by atoms with van der Waals surface area (Å²) < 4.78 is 10.6. The molecule has 5 nitrogen and oxygen atoms in total. The van der Waals surface area contributed by atoms with Gasteiger partial charge in [0.25, 0.3) is 0 Å². The highest BCUT2D eigenvalue weighted by Gasteiger charge is 2.03. The van der Waals surface area contributed by atoms with Gasteiger partial charge in [-0.3, -0.25) is 4.79 Å². The van der Waals surface area contributed by atoms with E-state index in [1.165, 1.54) is 0 Å². The third-order valence-corrected chi connectivity index (χ3v) is 2.13. The molecule has 0 unspecified atom stereocenters. The number of rotatable bonds is 8. The van der Waals surface area contributed by atoms with Gasteiger partial charge in [0, 0.05) is 12.6 Å². The van der Waals surface area contributed by atoms with Gasteiger partial charge in [0.15, 0.2) is 0 Å². The first kappa shape index (κ1) is 13.5. The summed E-state index contributed by atoms with van der Waals surface area (Å²) in [6.45, 7) is 1.07. The van der Waals surface area contributed by atoms with Crippen molar-refractivity contribution in [2.75, 3.05) is 38.8 Å². The maximum Gasteiger partial charge on any atom is 0.150 e. The van der Waals surface area contributed by atoms with Crippen LogP contribution in [-0.4, -0.2) is 44.9 Å². The van der Waals surface area contributed by atoms with E-state index in [9.17, 15) is 4.79 Å². The smallest absolute Gasteiger partial charge is 0.150 e. The minimum Gasteiger partial charge on any atom is -0.489 e. The van der Waals surface area contributed by atoms with Crippen molar-refractivity contribution in [3.05, 3.63) is 23.8 Å². The summed E-state index contributed by atoms with van der Waals surface area (Å²) in [7, 11) is 1.78. The maximum absolute atomic E-state index is 10.6. The minimum atomic E-state index is 0.00237. The van der Waals surface area contributed by atoms with Crippen molar-refractivity contribution in [3.8, 4) is 5.75 Å². The highest BCUT2D eigenvalue weighted by atomic mass is 16.5. The van der Waals surface area contributed by atoms with Crippen molar-refractivity contribution in [3.63, 3.8) is 0 Å². The van der Waals surface area contributed by atoms with Crippen LogP contribution in [0.25, 0.3) is 0 Å². The first-order chi connectivity index (χ1) is 8.31. The first-order valence-electron chi connectivity index (χ1n) is 5.40. The van der Waals surface area contributed by atoms with Gasteiger partial charge in [0.1, 0.15) is 18.6 Å². The zero-order valence-corrected chi connectivity index (χ0v) is 9.81. The van der Waals surface area contributed by atoms with Gasteiger partial charge in [-0.1, -0.05) is 0 Å². The van der Waals surface area contributed by atoms with Crippen LogP contribution in [0.2, 0.25) is 0 Å². The third-order valence-electron chi connectivity index (χ3n) is 2.13. The summed E-state index contributed by atoms with van der Waals surface area (Å²) in [4.78, 5) is 10.6. The van der Waals surface area contributed by atoms with Crippen molar-refractivity contribution in [1.82, 2.24) is 0 Å². The lowest BCUT2D eigenvalue weighted by Gasteiger charge is -2.11. The molecule has 0 aromatic heterocycles. The molecule has 17 heavy (non-hydrogen) atoms. The topological polar surface area (TPSA) is 67.8 Å². The van der Waals surface area contributed by atoms with Crippen LogP contribution in [-0.2, 0) is 4.74 Å². The number of ether oxygens (including phenoxy) is 2. The fourth-order valence-corrected chi connectivity index (χ4v) is 1.32. The van der Waals surface area contributed by atoms with Crippen molar-refractivity contribution < 1.29 is 19.4 Å². The number of benzene rings is 1. The largest absolute Gasteiger partial charge is 0.489 e. The van der Waals surface area contributed by atoms with Gasteiger partial charge in [-0.05, 0) is 18.2 Å². The Morgan fingerprint density at radius 3 is 2.82 bits per heavy atom. The molecular formula is C12H17NO4. The Morgan fingerprint density at radius 2 is 2.18 bits per heavy atom. The molecule has 0 bridgehead atoms. The standard InChI is InChI=1S/C12H17NO4/c1-13-11-3-2-10(9-15)8-12(11)17-7-6-16-5-4-14/h2-3,8-9,13-14H,4-7H2,1H3. The van der Waals surface area contributed by atoms with Crippen LogP contribution in [0.1, 0.15) is 10.4 Å². The number of aliphatic hydroxyl groups excluding tert-OH is 1. The molecule has 1 aromatic rings. The van der Waals surface area contributed by atoms with Crippen LogP contribution < -0.4 is 10.1 Å². The number of hydrogen-bond acceptors (Lipinski definition) is 5. The van der Waals surface area contributed by atoms with Crippen molar-refractivity contribution in [1.29, 1.82) is 0 Å². The number of aldehydes is 1. The molecule has 0 aliphatic rings. The highest BCUT2D eigenvalue weighted by molar-refractivity contribution is 5.78. The molecule has 1 rings (SSSR count). The summed E-state index contributed by atoms with van der Waals surface area (Å²) in [5.41, 5.74) is 1.38. The maximum atomic E-state index is 10.6. The summed E-state index contributed by atoms with van der Waals surface area (Å²) in [5.74, 6) is 0.615. The molecule has 0 heterocycles. The van der Waals surface area contributed by atoms with Gasteiger partial charge in [-0.15, -0.1) is 0 Å². The molecule has 0 spiro atoms. The summed E-state index contributed by atoms with van der Waals surface area (Å²) in [6.07, 6.45) is 0.772. The average molecular weight is 239 g/mol. The van der Waals surface area contributed by atoms with Gasteiger partial charge in [0.05, 0.1) is 25.5 Å². The lowest BCUT2D eigenvalue weighted by molar-refractivity contribution is 0.0706. The molecule has 5 heteroatoms. The molecule has 2 N–H and O–H groups in total. The molecule has 0 atom stereocenters. The number of anilines is 1. The Kier molecular flexibility index (Phi) is 6.06. The molecule has 1 aromatic carbocycles. The lowest BCUT2D eigenvalue weighted by Crippen LogP contribution is -2.10. The van der Waals surface area contributed by atoms with E-state index in [0.717, 1.165) is 12.0 Å². The van der Waals surface area contributed by atoms with Crippen LogP contribution >= 0.6 is 0 Å². The Hall–Kier alpha value is -1.59. The second-order valence-electron chi connectivity index (χ2n) is 3.31. The predicted octanol–water partition coefficient (Wildman–Crippen LogP) is 0.928. The molecule has 0 saturated carbocycles. The van der Waals surface area contributed by atoms with Crippen LogP contribution in [0.3, 0.4) is 0 Å². The lowest BCUT2D eigenvalue weighted by atomic mass is 10.2. The van der Waals surface area contributed by atoms with Crippen molar-refractivity contribution >= 4 is 12.0 Å². The second-order valence-corrected chi connectivity index (χ2v) is 3.31. The zero-order chi connectivity index (χ0) is 12.5. The average Bonchev–Trinajstić information content (AvgIpc) is 2.38. The van der Waals surface area contributed by atoms with Crippen LogP contribution in [0.4, 0.5) is 5.69 Å². The summed E-state index contributed by atoms with van der Waals surface area (Å²) in [5, 5.41) is 11.5. The number of carbonyl (C=O) groups is 1. The van der Waals surface area contributed by atoms with Crippen LogP contribution in [0, 0.1) is 0 Å². The SMILES string of the molecule is CNc1ccc(C=O)cc1OCCOCCO. The molecule has 94 valence electrons. The van der Waals surface area contributed by atoms with E-state index in [4.69, 9.17) is 14.6 Å². The molecule has 0 radical (unpaired) electrons. The Balaban J connectivity index is 2.52. The number of aliphatic hydroxyl groups is 1. The van der Waals surface area contributed by atoms with Crippen molar-refractivity contribution in [2.45, 2.75) is 0 Å². The van der Waals surface area contributed by atoms with Gasteiger partial charge in [-0.2, -0.15) is 0 Å². The number of nitrogens with one attached hydrogen (secondary N) is 1. The molecule has 0 saturated heterocycles. The van der Waals surface area contributed by atoms with Gasteiger partial charge < -0.3 is 19.9 Å². The van der Waals surface area contributed by atoms with E-state index in [1.54, 1.807) is 25.2 Å². The quantitative estimate of drug-likeness (QED) is 0.521. The minimum absolute atomic E-state index is 0.00237. The first-order valence-corrected chi connectivity index (χ1v) is 5.40. The molecule has 0 aliphatic carbocycles. The van der Waals surface area contributed by atoms with E-state index >= 15 is 0 Å². The van der Waals surface area contributed by atoms with Gasteiger partial charge in [-0.25, -0.2) is 0 Å². The molecule has 0 amide bonds. The predicted molar refractivity (Wildman–Crippen MR) is 64.8 cm³/mol. The fourth-order valence-electron chi connectivity index (χ4n) is 1.32. The molecular weight excluding hydrogens is 222 g/mol. The van der Waals surface area contributed by atoms with Crippen molar-refractivity contribution in [2.24, 2.45) is 0 Å². The van der Waals surface area contributed by atoms with E-state index in [1.807, 2.05) is 0 Å². The third kappa shape index (κ3) is 4.42. The monoisotopic (exact) mass is 239 g/mol. The Morgan fingerprint density at radius 1 is 1.35 bits per heavy atom. The number of hydrogen-bond donors (Lipinski definition) is 2. The van der Waals surface area contributed by atoms with Gasteiger partial charge >= 0.3 is 0 Å². The second kappa shape index (κ2) is 7.65.